The number of carbonyl (C=O) groups is 1. The van der Waals surface area contributed by atoms with Crippen molar-refractivity contribution in [2.24, 2.45) is 0 Å². The van der Waals surface area contributed by atoms with Crippen LogP contribution in [0.1, 0.15) is 15.9 Å². The Bertz CT molecular complexity index is 731. The third kappa shape index (κ3) is 3.79. The fourth-order valence-corrected chi connectivity index (χ4v) is 2.70. The van der Waals surface area contributed by atoms with Crippen LogP contribution in [0.5, 0.6) is 17.2 Å². The smallest absolute Gasteiger partial charge is 0.339 e. The van der Waals surface area contributed by atoms with Crippen molar-refractivity contribution in [2.45, 2.75) is 6.61 Å². The maximum absolute atomic E-state index is 12.9. The summed E-state index contributed by atoms with van der Waals surface area (Å²) >= 11 is 3.32. The fourth-order valence-electron chi connectivity index (χ4n) is 2.08. The number of hydrogen-bond acceptors (Lipinski definition) is 5. The van der Waals surface area contributed by atoms with Gasteiger partial charge >= 0.3 is 5.97 Å². The van der Waals surface area contributed by atoms with Gasteiger partial charge in [0.2, 0.25) is 5.75 Å². The minimum absolute atomic E-state index is 0.0161. The van der Waals surface area contributed by atoms with E-state index >= 15 is 0 Å². The lowest BCUT2D eigenvalue weighted by molar-refractivity contribution is 0.0470. The van der Waals surface area contributed by atoms with E-state index in [1.807, 2.05) is 0 Å². The van der Waals surface area contributed by atoms with E-state index < -0.39 is 5.97 Å². The molecule has 2 rings (SSSR count). The number of methoxy groups -OCH3 is 3. The average Bonchev–Trinajstić information content (AvgIpc) is 2.60. The zero-order valence-corrected chi connectivity index (χ0v) is 15.0. The number of halogens is 2. The first kappa shape index (κ1) is 18.1. The molecule has 0 aliphatic carbocycles. The van der Waals surface area contributed by atoms with Crippen molar-refractivity contribution in [1.29, 1.82) is 0 Å². The van der Waals surface area contributed by atoms with Crippen LogP contribution in [-0.2, 0) is 11.3 Å². The summed E-state index contributed by atoms with van der Waals surface area (Å²) in [5.41, 5.74) is 0.903. The first-order valence-corrected chi connectivity index (χ1v) is 7.71. The van der Waals surface area contributed by atoms with Crippen LogP contribution in [0.4, 0.5) is 4.39 Å². The third-order valence-electron chi connectivity index (χ3n) is 3.27. The van der Waals surface area contributed by atoms with Gasteiger partial charge in [0.15, 0.2) is 11.5 Å². The molecule has 0 atom stereocenters. The van der Waals surface area contributed by atoms with E-state index in [0.717, 1.165) is 0 Å². The highest BCUT2D eigenvalue weighted by molar-refractivity contribution is 9.10. The molecule has 0 saturated heterocycles. The zero-order chi connectivity index (χ0) is 17.7. The molecule has 2 aromatic carbocycles. The maximum atomic E-state index is 12.9. The van der Waals surface area contributed by atoms with Crippen molar-refractivity contribution in [3.8, 4) is 17.2 Å². The molecule has 0 aromatic heterocycles. The lowest BCUT2D eigenvalue weighted by Gasteiger charge is -2.16. The lowest BCUT2D eigenvalue weighted by atomic mass is 10.1. The topological polar surface area (TPSA) is 54.0 Å². The van der Waals surface area contributed by atoms with Gasteiger partial charge in [-0.25, -0.2) is 9.18 Å². The van der Waals surface area contributed by atoms with Crippen molar-refractivity contribution < 1.29 is 28.1 Å². The van der Waals surface area contributed by atoms with E-state index in [-0.39, 0.29) is 18.0 Å². The number of benzene rings is 2. The highest BCUT2D eigenvalue weighted by Crippen LogP contribution is 2.44. The van der Waals surface area contributed by atoms with Crippen molar-refractivity contribution in [1.82, 2.24) is 0 Å². The van der Waals surface area contributed by atoms with E-state index in [1.165, 1.54) is 39.5 Å². The van der Waals surface area contributed by atoms with E-state index in [2.05, 4.69) is 15.9 Å². The molecule has 0 N–H and O–H groups in total. The van der Waals surface area contributed by atoms with Crippen LogP contribution in [0.2, 0.25) is 0 Å². The summed E-state index contributed by atoms with van der Waals surface area (Å²) in [6.07, 6.45) is 0. The maximum Gasteiger partial charge on any atom is 0.339 e. The number of esters is 1. The van der Waals surface area contributed by atoms with Gasteiger partial charge < -0.3 is 18.9 Å². The Hall–Kier alpha value is -2.28. The molecule has 128 valence electrons. The Kier molecular flexibility index (Phi) is 6.03. The Morgan fingerprint density at radius 3 is 2.21 bits per heavy atom. The van der Waals surface area contributed by atoms with E-state index in [9.17, 15) is 9.18 Å². The van der Waals surface area contributed by atoms with E-state index in [1.54, 1.807) is 12.1 Å². The van der Waals surface area contributed by atoms with Crippen LogP contribution in [0.15, 0.2) is 34.8 Å². The standard InChI is InChI=1S/C17H16BrFO5/c1-21-13-8-12(14(18)16(23-3)15(13)22-2)17(20)24-9-10-4-6-11(19)7-5-10/h4-8H,9H2,1-3H3. The molecular weight excluding hydrogens is 383 g/mol. The van der Waals surface area contributed by atoms with Gasteiger partial charge in [0, 0.05) is 0 Å². The van der Waals surface area contributed by atoms with Crippen LogP contribution < -0.4 is 14.2 Å². The molecule has 24 heavy (non-hydrogen) atoms. The number of hydrogen-bond donors (Lipinski definition) is 0. The molecule has 0 aliphatic rings. The predicted molar refractivity (Wildman–Crippen MR) is 89.3 cm³/mol. The predicted octanol–water partition coefficient (Wildman–Crippen LogP) is 3.97. The fraction of sp³-hybridized carbons (Fsp3) is 0.235. The Balaban J connectivity index is 2.26. The molecule has 0 unspecified atom stereocenters. The number of rotatable bonds is 6. The molecule has 2 aromatic rings. The van der Waals surface area contributed by atoms with Crippen LogP contribution in [0, 0.1) is 5.82 Å². The van der Waals surface area contributed by atoms with Gasteiger partial charge in [0.05, 0.1) is 31.4 Å². The molecule has 0 saturated carbocycles. The molecule has 0 heterocycles. The first-order chi connectivity index (χ1) is 11.5. The van der Waals surface area contributed by atoms with Gasteiger partial charge in [0.25, 0.3) is 0 Å². The summed E-state index contributed by atoms with van der Waals surface area (Å²) in [6.45, 7) is 0.0161. The minimum Gasteiger partial charge on any atom is -0.493 e. The number of ether oxygens (including phenoxy) is 4. The van der Waals surface area contributed by atoms with Crippen molar-refractivity contribution >= 4 is 21.9 Å². The summed E-state index contributed by atoms with van der Waals surface area (Å²) in [6, 6.07) is 7.20. The normalized spacial score (nSPS) is 10.2. The highest BCUT2D eigenvalue weighted by Gasteiger charge is 2.23. The van der Waals surface area contributed by atoms with Gasteiger partial charge in [0.1, 0.15) is 12.4 Å². The van der Waals surface area contributed by atoms with Gasteiger partial charge in [-0.3, -0.25) is 0 Å². The van der Waals surface area contributed by atoms with Crippen LogP contribution in [0.25, 0.3) is 0 Å². The average molecular weight is 399 g/mol. The quantitative estimate of drug-likeness (QED) is 0.689. The van der Waals surface area contributed by atoms with Crippen LogP contribution in [-0.4, -0.2) is 27.3 Å². The molecule has 0 bridgehead atoms. The van der Waals surface area contributed by atoms with Crippen molar-refractivity contribution in [3.63, 3.8) is 0 Å². The number of carbonyl (C=O) groups excluding carboxylic acids is 1. The highest BCUT2D eigenvalue weighted by atomic mass is 79.9. The molecule has 0 amide bonds. The van der Waals surface area contributed by atoms with E-state index in [0.29, 0.717) is 27.3 Å². The SMILES string of the molecule is COc1cc(C(=O)OCc2ccc(F)cc2)c(Br)c(OC)c1OC. The molecule has 7 heteroatoms. The van der Waals surface area contributed by atoms with Gasteiger partial charge in [-0.1, -0.05) is 12.1 Å². The third-order valence-corrected chi connectivity index (χ3v) is 4.06. The van der Waals surface area contributed by atoms with Crippen molar-refractivity contribution in [3.05, 3.63) is 51.7 Å². The second-order valence-electron chi connectivity index (χ2n) is 4.71. The molecule has 0 aliphatic heterocycles. The summed E-state index contributed by atoms with van der Waals surface area (Å²) in [5, 5.41) is 0. The molecular formula is C17H16BrFO5. The summed E-state index contributed by atoms with van der Waals surface area (Å²) in [7, 11) is 4.38. The summed E-state index contributed by atoms with van der Waals surface area (Å²) in [5.74, 6) is 0.0988. The Morgan fingerprint density at radius 1 is 1.04 bits per heavy atom. The van der Waals surface area contributed by atoms with Crippen molar-refractivity contribution in [2.75, 3.05) is 21.3 Å². The minimum atomic E-state index is -0.578. The zero-order valence-electron chi connectivity index (χ0n) is 13.4. The first-order valence-electron chi connectivity index (χ1n) is 6.91. The van der Waals surface area contributed by atoms with Gasteiger partial charge in [-0.2, -0.15) is 0 Å². The van der Waals surface area contributed by atoms with Gasteiger partial charge in [-0.15, -0.1) is 0 Å². The van der Waals surface area contributed by atoms with Gasteiger partial charge in [-0.05, 0) is 39.7 Å². The Labute approximate surface area is 147 Å². The molecule has 0 radical (unpaired) electrons. The second-order valence-corrected chi connectivity index (χ2v) is 5.50. The Morgan fingerprint density at radius 2 is 1.67 bits per heavy atom. The van der Waals surface area contributed by atoms with Crippen LogP contribution in [0.3, 0.4) is 0 Å². The molecule has 0 fully saturated rings. The summed E-state index contributed by atoms with van der Waals surface area (Å²) < 4.78 is 34.3. The molecule has 5 nitrogen and oxygen atoms in total. The molecule has 0 spiro atoms. The summed E-state index contributed by atoms with van der Waals surface area (Å²) in [4.78, 5) is 12.4. The van der Waals surface area contributed by atoms with Crippen LogP contribution >= 0.6 is 15.9 Å². The van der Waals surface area contributed by atoms with E-state index in [4.69, 9.17) is 18.9 Å². The largest absolute Gasteiger partial charge is 0.493 e. The monoisotopic (exact) mass is 398 g/mol. The lowest BCUT2D eigenvalue weighted by Crippen LogP contribution is -2.08. The second kappa shape index (κ2) is 8.01.